The van der Waals surface area contributed by atoms with Gasteiger partial charge in [-0.25, -0.2) is 9.02 Å². The van der Waals surface area contributed by atoms with Crippen molar-refractivity contribution in [3.05, 3.63) is 62.4 Å². The average Bonchev–Trinajstić information content (AvgIpc) is 2.84. The maximum Gasteiger partial charge on any atom is 0.304 e. The summed E-state index contributed by atoms with van der Waals surface area (Å²) < 4.78 is 17.9. The summed E-state index contributed by atoms with van der Waals surface area (Å²) in [4.78, 5) is 10.7. The molecule has 0 bridgehead atoms. The normalized spacial score (nSPS) is 11.0. The minimum atomic E-state index is -0.553. The van der Waals surface area contributed by atoms with Crippen LogP contribution in [0.2, 0.25) is 5.02 Å². The summed E-state index contributed by atoms with van der Waals surface area (Å²) in [6, 6.07) is 7.11. The molecule has 0 atom stereocenters. The molecule has 0 saturated carbocycles. The third-order valence-electron chi connectivity index (χ3n) is 2.98. The largest absolute Gasteiger partial charge is 0.304 e. The molecular formula is C13H7ClFN3O3. The molecule has 0 aliphatic carbocycles. The van der Waals surface area contributed by atoms with Crippen LogP contribution in [0.25, 0.3) is 11.0 Å². The van der Waals surface area contributed by atoms with Gasteiger partial charge in [0.1, 0.15) is 11.3 Å². The lowest BCUT2D eigenvalue weighted by atomic mass is 10.0. The van der Waals surface area contributed by atoms with Gasteiger partial charge in [-0.3, -0.25) is 10.1 Å². The summed E-state index contributed by atoms with van der Waals surface area (Å²) in [6.45, 7) is 0. The third kappa shape index (κ3) is 2.55. The summed E-state index contributed by atoms with van der Waals surface area (Å²) in [6.07, 6.45) is 0.149. The predicted molar refractivity (Wildman–Crippen MR) is 72.7 cm³/mol. The van der Waals surface area contributed by atoms with Gasteiger partial charge in [-0.2, -0.15) is 0 Å². The van der Waals surface area contributed by atoms with Crippen molar-refractivity contribution in [2.45, 2.75) is 6.42 Å². The van der Waals surface area contributed by atoms with Crippen LogP contribution in [0.3, 0.4) is 0 Å². The topological polar surface area (TPSA) is 82.1 Å². The van der Waals surface area contributed by atoms with Gasteiger partial charge in [-0.1, -0.05) is 11.6 Å². The summed E-state index contributed by atoms with van der Waals surface area (Å²) in [5.41, 5.74) is 1.07. The van der Waals surface area contributed by atoms with Crippen molar-refractivity contribution < 1.29 is 13.9 Å². The van der Waals surface area contributed by atoms with Crippen molar-refractivity contribution in [3.63, 3.8) is 0 Å². The minimum absolute atomic E-state index is 0.0694. The zero-order valence-corrected chi connectivity index (χ0v) is 11.2. The van der Waals surface area contributed by atoms with Crippen molar-refractivity contribution in [1.29, 1.82) is 0 Å². The van der Waals surface area contributed by atoms with Crippen LogP contribution in [-0.4, -0.2) is 15.2 Å². The van der Waals surface area contributed by atoms with Crippen molar-refractivity contribution in [3.8, 4) is 0 Å². The van der Waals surface area contributed by atoms with E-state index in [2.05, 4.69) is 14.9 Å². The Labute approximate surface area is 122 Å². The van der Waals surface area contributed by atoms with E-state index in [1.54, 1.807) is 18.2 Å². The number of fused-ring (bicyclic) bond motifs is 1. The van der Waals surface area contributed by atoms with E-state index in [1.807, 2.05) is 0 Å². The Morgan fingerprint density at radius 2 is 2.10 bits per heavy atom. The van der Waals surface area contributed by atoms with Gasteiger partial charge in [0, 0.05) is 17.0 Å². The highest BCUT2D eigenvalue weighted by molar-refractivity contribution is 6.30. The van der Waals surface area contributed by atoms with Gasteiger partial charge in [0.25, 0.3) is 0 Å². The third-order valence-corrected chi connectivity index (χ3v) is 3.20. The Kier molecular flexibility index (Phi) is 3.26. The van der Waals surface area contributed by atoms with Crippen LogP contribution in [0.4, 0.5) is 10.1 Å². The molecule has 0 aliphatic rings. The van der Waals surface area contributed by atoms with Gasteiger partial charge in [0.15, 0.2) is 0 Å². The first-order valence-corrected chi connectivity index (χ1v) is 6.26. The fourth-order valence-corrected chi connectivity index (χ4v) is 2.40. The second-order valence-corrected chi connectivity index (χ2v) is 4.85. The molecule has 3 rings (SSSR count). The number of nitro benzene ring substituents is 1. The first-order chi connectivity index (χ1) is 10.0. The van der Waals surface area contributed by atoms with Gasteiger partial charge >= 0.3 is 5.69 Å². The molecule has 8 heteroatoms. The quantitative estimate of drug-likeness (QED) is 0.546. The molecule has 6 nitrogen and oxygen atoms in total. The van der Waals surface area contributed by atoms with Crippen molar-refractivity contribution >= 4 is 28.3 Å². The molecule has 3 aromatic rings. The SMILES string of the molecule is O=[N+]([O-])c1c(Cc2cc(F)cc(Cl)c2)ccc2nonc12. The number of halogens is 2. The van der Waals surface area contributed by atoms with E-state index in [-0.39, 0.29) is 22.6 Å². The van der Waals surface area contributed by atoms with Crippen molar-refractivity contribution in [2.75, 3.05) is 0 Å². The number of benzene rings is 2. The second kappa shape index (κ2) is 5.10. The molecule has 0 spiro atoms. The molecule has 1 aromatic heterocycles. The lowest BCUT2D eigenvalue weighted by Crippen LogP contribution is -1.98. The zero-order valence-electron chi connectivity index (χ0n) is 10.4. The predicted octanol–water partition coefficient (Wildman–Crippen LogP) is 3.51. The number of hydrogen-bond acceptors (Lipinski definition) is 5. The van der Waals surface area contributed by atoms with Gasteiger partial charge in [-0.15, -0.1) is 0 Å². The van der Waals surface area contributed by atoms with Crippen LogP contribution in [0, 0.1) is 15.9 Å². The Morgan fingerprint density at radius 3 is 2.81 bits per heavy atom. The molecule has 0 N–H and O–H groups in total. The minimum Gasteiger partial charge on any atom is -0.258 e. The molecule has 1 heterocycles. The van der Waals surface area contributed by atoms with Crippen molar-refractivity contribution in [2.24, 2.45) is 0 Å². The van der Waals surface area contributed by atoms with Crippen LogP contribution in [0.5, 0.6) is 0 Å². The first kappa shape index (κ1) is 13.4. The van der Waals surface area contributed by atoms with E-state index in [0.29, 0.717) is 16.6 Å². The molecule has 0 amide bonds. The lowest BCUT2D eigenvalue weighted by molar-refractivity contribution is -0.383. The van der Waals surface area contributed by atoms with Crippen LogP contribution < -0.4 is 0 Å². The molecule has 21 heavy (non-hydrogen) atoms. The maximum absolute atomic E-state index is 13.3. The van der Waals surface area contributed by atoms with E-state index in [0.717, 1.165) is 0 Å². The highest BCUT2D eigenvalue weighted by atomic mass is 35.5. The number of hydrogen-bond donors (Lipinski definition) is 0. The van der Waals surface area contributed by atoms with E-state index >= 15 is 0 Å². The average molecular weight is 308 g/mol. The Balaban J connectivity index is 2.11. The molecule has 106 valence electrons. The Hall–Kier alpha value is -2.54. The van der Waals surface area contributed by atoms with Gasteiger partial charge < -0.3 is 0 Å². The van der Waals surface area contributed by atoms with Crippen LogP contribution in [-0.2, 0) is 6.42 Å². The molecule has 2 aromatic carbocycles. The summed E-state index contributed by atoms with van der Waals surface area (Å²) in [7, 11) is 0. The fourth-order valence-electron chi connectivity index (χ4n) is 2.16. The molecule has 0 unspecified atom stereocenters. The Bertz CT molecular complexity index is 830. The van der Waals surface area contributed by atoms with E-state index < -0.39 is 10.7 Å². The van der Waals surface area contributed by atoms with Gasteiger partial charge in [0.2, 0.25) is 5.52 Å². The maximum atomic E-state index is 13.3. The first-order valence-electron chi connectivity index (χ1n) is 5.88. The number of rotatable bonds is 3. The summed E-state index contributed by atoms with van der Waals surface area (Å²) >= 11 is 5.79. The van der Waals surface area contributed by atoms with E-state index in [9.17, 15) is 14.5 Å². The highest BCUT2D eigenvalue weighted by Gasteiger charge is 2.22. The highest BCUT2D eigenvalue weighted by Crippen LogP contribution is 2.29. The number of aromatic nitrogens is 2. The van der Waals surface area contributed by atoms with Crippen LogP contribution in [0.15, 0.2) is 35.0 Å². The summed E-state index contributed by atoms with van der Waals surface area (Å²) in [5.74, 6) is -0.496. The molecule has 0 aliphatic heterocycles. The van der Waals surface area contributed by atoms with Crippen LogP contribution >= 0.6 is 11.6 Å². The second-order valence-electron chi connectivity index (χ2n) is 4.42. The molecule has 0 fully saturated rings. The van der Waals surface area contributed by atoms with E-state index in [1.165, 1.54) is 12.1 Å². The van der Waals surface area contributed by atoms with Crippen molar-refractivity contribution in [1.82, 2.24) is 10.3 Å². The monoisotopic (exact) mass is 307 g/mol. The summed E-state index contributed by atoms with van der Waals surface area (Å²) in [5, 5.41) is 18.6. The smallest absolute Gasteiger partial charge is 0.258 e. The lowest BCUT2D eigenvalue weighted by Gasteiger charge is -2.04. The number of nitro groups is 1. The number of nitrogens with zero attached hydrogens (tertiary/aromatic N) is 3. The Morgan fingerprint density at radius 1 is 1.29 bits per heavy atom. The van der Waals surface area contributed by atoms with Gasteiger partial charge in [0.05, 0.1) is 4.92 Å². The standard InChI is InChI=1S/C13H7ClFN3O3/c14-9-4-7(5-10(15)6-9)3-8-1-2-11-12(17-21-16-11)13(8)18(19)20/h1-2,4-6H,3H2. The van der Waals surface area contributed by atoms with Crippen LogP contribution in [0.1, 0.15) is 11.1 Å². The fraction of sp³-hybridized carbons (Fsp3) is 0.0769. The molecule has 0 radical (unpaired) electrons. The van der Waals surface area contributed by atoms with Gasteiger partial charge in [-0.05, 0) is 46.2 Å². The molecular weight excluding hydrogens is 301 g/mol. The van der Waals surface area contributed by atoms with E-state index in [4.69, 9.17) is 11.6 Å². The molecule has 0 saturated heterocycles. The zero-order chi connectivity index (χ0) is 15.0.